The molecular weight excluding hydrogens is 92.1 g/mol. The summed E-state index contributed by atoms with van der Waals surface area (Å²) in [5, 5.41) is 8.88. The Labute approximate surface area is 43.9 Å². The number of nitrogens with two attached hydrogens (primary N) is 1. The van der Waals surface area contributed by atoms with E-state index in [1.807, 2.05) is 0 Å². The quantitative estimate of drug-likeness (QED) is 0.364. The Morgan fingerprint density at radius 1 is 1.57 bits per heavy atom. The number of likely N-dealkylation sites (N-methyl/N-ethyl adjacent to an activating group) is 1. The lowest BCUT2D eigenvalue weighted by Crippen LogP contribution is -2.39. The molecule has 0 bridgehead atoms. The zero-order valence-corrected chi connectivity index (χ0v) is 4.89. The minimum atomic E-state index is -0.0312. The van der Waals surface area contributed by atoms with Crippen LogP contribution >= 0.6 is 0 Å². The van der Waals surface area contributed by atoms with Crippen LogP contribution in [0.4, 0.5) is 0 Å². The van der Waals surface area contributed by atoms with Gasteiger partial charge in [-0.1, -0.05) is 0 Å². The Bertz CT molecular complexity index is 48.1. The number of hydrogen-bond donors (Lipinski definition) is 2. The number of hydroxylamine groups is 3. The van der Waals surface area contributed by atoms with E-state index in [0.717, 1.165) is 0 Å². The summed E-state index contributed by atoms with van der Waals surface area (Å²) in [5.74, 6) is 0. The maximum absolute atomic E-state index is 8.88. The van der Waals surface area contributed by atoms with Crippen molar-refractivity contribution in [2.45, 2.75) is 0 Å². The van der Waals surface area contributed by atoms with E-state index in [0.29, 0.717) is 13.1 Å². The third kappa shape index (κ3) is 5.88. The molecule has 0 fully saturated rings. The van der Waals surface area contributed by atoms with Crippen molar-refractivity contribution in [3.05, 3.63) is 0 Å². The Hall–Kier alpha value is -0.120. The molecule has 3 N–H and O–H groups in total. The first-order valence-corrected chi connectivity index (χ1v) is 2.32. The topological polar surface area (TPSA) is 46.2 Å². The van der Waals surface area contributed by atoms with Gasteiger partial charge >= 0.3 is 0 Å². The first kappa shape index (κ1) is 6.88. The van der Waals surface area contributed by atoms with Crippen LogP contribution in [0.25, 0.3) is 0 Å². The van der Waals surface area contributed by atoms with Crippen LogP contribution in [0.5, 0.6) is 0 Å². The predicted octanol–water partition coefficient (Wildman–Crippen LogP) is -0.589. The summed E-state index contributed by atoms with van der Waals surface area (Å²) in [4.78, 5) is 0. The van der Waals surface area contributed by atoms with Crippen molar-refractivity contribution in [2.75, 3.05) is 27.2 Å². The highest BCUT2D eigenvalue weighted by Gasteiger charge is 2.05. The lowest BCUT2D eigenvalue weighted by atomic mass is 10.6. The SMILES string of the molecule is C[N+](C)(O)CCN. The van der Waals surface area contributed by atoms with Crippen LogP contribution in [0.2, 0.25) is 0 Å². The van der Waals surface area contributed by atoms with Crippen molar-refractivity contribution in [1.29, 1.82) is 0 Å². The molecule has 0 amide bonds. The van der Waals surface area contributed by atoms with E-state index in [2.05, 4.69) is 0 Å². The highest BCUT2D eigenvalue weighted by atomic mass is 16.5. The Morgan fingerprint density at radius 2 is 2.00 bits per heavy atom. The molecule has 44 valence electrons. The van der Waals surface area contributed by atoms with E-state index >= 15 is 0 Å². The monoisotopic (exact) mass is 105 g/mol. The first-order valence-electron chi connectivity index (χ1n) is 2.32. The molecule has 0 aliphatic carbocycles. The second-order valence-electron chi connectivity index (χ2n) is 2.13. The minimum absolute atomic E-state index is 0.0312. The average molecular weight is 105 g/mol. The highest BCUT2D eigenvalue weighted by molar-refractivity contribution is 4.23. The fourth-order valence-electron chi connectivity index (χ4n) is 0.316. The van der Waals surface area contributed by atoms with Crippen molar-refractivity contribution in [2.24, 2.45) is 5.73 Å². The van der Waals surface area contributed by atoms with Crippen LogP contribution in [-0.4, -0.2) is 37.0 Å². The molecule has 0 radical (unpaired) electrons. The van der Waals surface area contributed by atoms with E-state index < -0.39 is 0 Å². The second-order valence-corrected chi connectivity index (χ2v) is 2.13. The van der Waals surface area contributed by atoms with E-state index in [4.69, 9.17) is 10.9 Å². The molecule has 0 spiro atoms. The summed E-state index contributed by atoms with van der Waals surface area (Å²) in [6.07, 6.45) is 0. The van der Waals surface area contributed by atoms with Gasteiger partial charge in [0.25, 0.3) is 0 Å². The van der Waals surface area contributed by atoms with Gasteiger partial charge in [-0.15, -0.1) is 0 Å². The number of quaternary nitrogens is 1. The molecule has 0 aliphatic rings. The van der Waals surface area contributed by atoms with Gasteiger partial charge in [0.05, 0.1) is 14.1 Å². The smallest absolute Gasteiger partial charge is 0.120 e. The fourth-order valence-corrected chi connectivity index (χ4v) is 0.316. The van der Waals surface area contributed by atoms with Gasteiger partial charge in [-0.05, 0) is 0 Å². The predicted molar refractivity (Wildman–Crippen MR) is 27.8 cm³/mol. The van der Waals surface area contributed by atoms with Crippen molar-refractivity contribution in [3.63, 3.8) is 0 Å². The largest absolute Gasteiger partial charge is 0.325 e. The molecule has 0 aliphatic heterocycles. The molecule has 3 heteroatoms. The minimum Gasteiger partial charge on any atom is -0.325 e. The number of rotatable bonds is 2. The van der Waals surface area contributed by atoms with Crippen LogP contribution in [0.1, 0.15) is 0 Å². The van der Waals surface area contributed by atoms with Crippen LogP contribution in [-0.2, 0) is 0 Å². The molecule has 0 atom stereocenters. The Kier molecular flexibility index (Phi) is 2.22. The molecule has 0 aromatic rings. The molecule has 0 heterocycles. The van der Waals surface area contributed by atoms with Gasteiger partial charge in [-0.3, -0.25) is 0 Å². The zero-order chi connectivity index (χ0) is 5.91. The van der Waals surface area contributed by atoms with Crippen LogP contribution in [0.15, 0.2) is 0 Å². The van der Waals surface area contributed by atoms with Gasteiger partial charge in [0, 0.05) is 6.54 Å². The maximum Gasteiger partial charge on any atom is 0.120 e. The average Bonchev–Trinajstić information content (AvgIpc) is 1.30. The lowest BCUT2D eigenvalue weighted by molar-refractivity contribution is -1.07. The highest BCUT2D eigenvalue weighted by Crippen LogP contribution is 1.82. The first-order chi connectivity index (χ1) is 3.06. The van der Waals surface area contributed by atoms with Crippen molar-refractivity contribution >= 4 is 0 Å². The zero-order valence-electron chi connectivity index (χ0n) is 4.89. The van der Waals surface area contributed by atoms with Crippen LogP contribution in [0, 0.1) is 0 Å². The number of nitrogens with zero attached hydrogens (tertiary/aromatic N) is 1. The van der Waals surface area contributed by atoms with Gasteiger partial charge in [-0.2, -0.15) is 4.65 Å². The normalized spacial score (nSPS) is 12.0. The molecule has 0 rings (SSSR count). The van der Waals surface area contributed by atoms with E-state index in [1.165, 1.54) is 0 Å². The Balaban J connectivity index is 3.15. The Morgan fingerprint density at radius 3 is 2.00 bits per heavy atom. The lowest BCUT2D eigenvalue weighted by Gasteiger charge is -2.17. The van der Waals surface area contributed by atoms with Gasteiger partial charge in [0.15, 0.2) is 0 Å². The summed E-state index contributed by atoms with van der Waals surface area (Å²) < 4.78 is -0.0312. The van der Waals surface area contributed by atoms with Crippen molar-refractivity contribution < 1.29 is 9.85 Å². The summed E-state index contributed by atoms with van der Waals surface area (Å²) >= 11 is 0. The van der Waals surface area contributed by atoms with Crippen LogP contribution < -0.4 is 5.73 Å². The maximum atomic E-state index is 8.88. The molecule has 0 aromatic carbocycles. The molecule has 7 heavy (non-hydrogen) atoms. The molecule has 0 aromatic heterocycles. The van der Waals surface area contributed by atoms with Crippen molar-refractivity contribution in [1.82, 2.24) is 0 Å². The summed E-state index contributed by atoms with van der Waals surface area (Å²) in [6, 6.07) is 0. The van der Waals surface area contributed by atoms with Crippen molar-refractivity contribution in [3.8, 4) is 0 Å². The third-order valence-corrected chi connectivity index (χ3v) is 0.676. The van der Waals surface area contributed by atoms with E-state index in [1.54, 1.807) is 14.1 Å². The number of hydrogen-bond acceptors (Lipinski definition) is 2. The summed E-state index contributed by atoms with van der Waals surface area (Å²) in [5.41, 5.74) is 5.14. The molecule has 0 saturated carbocycles. The van der Waals surface area contributed by atoms with Gasteiger partial charge in [0.1, 0.15) is 6.54 Å². The molecule has 0 unspecified atom stereocenters. The second kappa shape index (κ2) is 2.26. The molecular formula is C4H13N2O+. The van der Waals surface area contributed by atoms with Gasteiger partial charge < -0.3 is 5.73 Å². The molecule has 0 saturated heterocycles. The van der Waals surface area contributed by atoms with E-state index in [9.17, 15) is 0 Å². The summed E-state index contributed by atoms with van der Waals surface area (Å²) in [6.45, 7) is 1.14. The van der Waals surface area contributed by atoms with E-state index in [-0.39, 0.29) is 4.65 Å². The fraction of sp³-hybridized carbons (Fsp3) is 1.00. The van der Waals surface area contributed by atoms with Gasteiger partial charge in [0.2, 0.25) is 0 Å². The summed E-state index contributed by atoms with van der Waals surface area (Å²) in [7, 11) is 3.37. The van der Waals surface area contributed by atoms with Gasteiger partial charge in [-0.25, -0.2) is 5.21 Å². The van der Waals surface area contributed by atoms with Crippen LogP contribution in [0.3, 0.4) is 0 Å². The standard InChI is InChI=1S/C4H13N2O/c1-6(2,7)4-3-5/h7H,3-5H2,1-2H3/q+1. The molecule has 3 nitrogen and oxygen atoms in total. The third-order valence-electron chi connectivity index (χ3n) is 0.676.